The molecule has 0 saturated heterocycles. The number of benzene rings is 2. The molecule has 6 heteroatoms. The Morgan fingerprint density at radius 2 is 1.56 bits per heavy atom. The maximum atomic E-state index is 12.2. The quantitative estimate of drug-likeness (QED) is 0.678. The molecule has 0 radical (unpaired) electrons. The van der Waals surface area contributed by atoms with Gasteiger partial charge in [0.15, 0.2) is 18.1 Å². The zero-order valence-electron chi connectivity index (χ0n) is 15.9. The van der Waals surface area contributed by atoms with Gasteiger partial charge in [-0.2, -0.15) is 0 Å². The van der Waals surface area contributed by atoms with E-state index in [-0.39, 0.29) is 6.61 Å². The van der Waals surface area contributed by atoms with E-state index in [9.17, 15) is 9.59 Å². The number of hydrogen-bond donors (Lipinski definition) is 1. The number of amides is 1. The van der Waals surface area contributed by atoms with Gasteiger partial charge in [-0.3, -0.25) is 4.79 Å². The van der Waals surface area contributed by atoms with Crippen LogP contribution in [-0.4, -0.2) is 31.7 Å². The summed E-state index contributed by atoms with van der Waals surface area (Å²) in [7, 11) is 0. The molecule has 0 saturated carbocycles. The summed E-state index contributed by atoms with van der Waals surface area (Å²) in [6.07, 6.45) is 0.928. The van der Waals surface area contributed by atoms with Gasteiger partial charge in [0.1, 0.15) is 0 Å². The van der Waals surface area contributed by atoms with Crippen LogP contribution in [0.2, 0.25) is 0 Å². The highest BCUT2D eigenvalue weighted by Crippen LogP contribution is 2.28. The molecular weight excluding hydrogens is 346 g/mol. The zero-order valence-corrected chi connectivity index (χ0v) is 15.9. The fourth-order valence-corrected chi connectivity index (χ4v) is 2.41. The number of hydrogen-bond acceptors (Lipinski definition) is 5. The Bertz CT molecular complexity index is 771. The minimum atomic E-state index is -0.601. The van der Waals surface area contributed by atoms with Gasteiger partial charge in [-0.05, 0) is 56.2 Å². The predicted octanol–water partition coefficient (Wildman–Crippen LogP) is 3.84. The SMILES string of the molecule is CCOc1ccc(C(=O)OCC(=O)Nc2ccc(CC)cc2)cc1OCC. The van der Waals surface area contributed by atoms with E-state index in [2.05, 4.69) is 12.2 Å². The van der Waals surface area contributed by atoms with Crippen LogP contribution in [-0.2, 0) is 16.0 Å². The molecular formula is C21H25NO5. The standard InChI is InChI=1S/C21H25NO5/c1-4-15-7-10-17(11-8-15)22-20(23)14-27-21(24)16-9-12-18(25-5-2)19(13-16)26-6-3/h7-13H,4-6,14H2,1-3H3,(H,22,23). The van der Waals surface area contributed by atoms with Crippen LogP contribution in [0.15, 0.2) is 42.5 Å². The zero-order chi connectivity index (χ0) is 19.6. The summed E-state index contributed by atoms with van der Waals surface area (Å²) in [6.45, 7) is 6.34. The van der Waals surface area contributed by atoms with Gasteiger partial charge in [-0.25, -0.2) is 4.79 Å². The minimum Gasteiger partial charge on any atom is -0.490 e. The number of rotatable bonds is 9. The van der Waals surface area contributed by atoms with E-state index in [1.54, 1.807) is 18.2 Å². The van der Waals surface area contributed by atoms with E-state index in [4.69, 9.17) is 14.2 Å². The third kappa shape index (κ3) is 6.02. The van der Waals surface area contributed by atoms with Gasteiger partial charge in [0.25, 0.3) is 5.91 Å². The van der Waals surface area contributed by atoms with Crippen molar-refractivity contribution < 1.29 is 23.8 Å². The largest absolute Gasteiger partial charge is 0.490 e. The van der Waals surface area contributed by atoms with E-state index >= 15 is 0 Å². The summed E-state index contributed by atoms with van der Waals surface area (Å²) in [5, 5.41) is 2.70. The number of anilines is 1. The molecule has 27 heavy (non-hydrogen) atoms. The van der Waals surface area contributed by atoms with Gasteiger partial charge in [0.05, 0.1) is 18.8 Å². The maximum Gasteiger partial charge on any atom is 0.338 e. The second-order valence-corrected chi connectivity index (χ2v) is 5.70. The molecule has 0 aliphatic heterocycles. The highest BCUT2D eigenvalue weighted by atomic mass is 16.5. The number of nitrogens with one attached hydrogen (secondary N) is 1. The molecule has 0 aliphatic carbocycles. The summed E-state index contributed by atoms with van der Waals surface area (Å²) in [4.78, 5) is 24.2. The Hall–Kier alpha value is -3.02. The molecule has 2 rings (SSSR count). The Kier molecular flexibility index (Phi) is 7.67. The average Bonchev–Trinajstić information content (AvgIpc) is 2.68. The Morgan fingerprint density at radius 1 is 0.889 bits per heavy atom. The van der Waals surface area contributed by atoms with E-state index in [0.29, 0.717) is 36.0 Å². The van der Waals surface area contributed by atoms with E-state index in [1.807, 2.05) is 38.1 Å². The van der Waals surface area contributed by atoms with Crippen LogP contribution in [0, 0.1) is 0 Å². The first kappa shape index (κ1) is 20.3. The van der Waals surface area contributed by atoms with Crippen molar-refractivity contribution in [3.63, 3.8) is 0 Å². The van der Waals surface area contributed by atoms with E-state index in [1.165, 1.54) is 5.56 Å². The van der Waals surface area contributed by atoms with Gasteiger partial charge in [0.2, 0.25) is 0 Å². The molecule has 0 unspecified atom stereocenters. The van der Waals surface area contributed by atoms with Crippen molar-refractivity contribution in [1.82, 2.24) is 0 Å². The Morgan fingerprint density at radius 3 is 2.19 bits per heavy atom. The molecule has 0 spiro atoms. The van der Waals surface area contributed by atoms with Gasteiger partial charge in [-0.15, -0.1) is 0 Å². The summed E-state index contributed by atoms with van der Waals surface area (Å²) in [5.74, 6) is 0.0254. The molecule has 2 aromatic carbocycles. The summed E-state index contributed by atoms with van der Waals surface area (Å²) < 4.78 is 16.0. The number of carbonyl (C=O) groups excluding carboxylic acids is 2. The van der Waals surface area contributed by atoms with E-state index < -0.39 is 11.9 Å². The second kappa shape index (κ2) is 10.2. The summed E-state index contributed by atoms with van der Waals surface area (Å²) >= 11 is 0. The van der Waals surface area contributed by atoms with Crippen LogP contribution in [0.25, 0.3) is 0 Å². The third-order valence-corrected chi connectivity index (χ3v) is 3.76. The van der Waals surface area contributed by atoms with Crippen molar-refractivity contribution in [1.29, 1.82) is 0 Å². The molecule has 0 aliphatic rings. The van der Waals surface area contributed by atoms with E-state index in [0.717, 1.165) is 6.42 Å². The minimum absolute atomic E-state index is 0.294. The van der Waals surface area contributed by atoms with Crippen molar-refractivity contribution >= 4 is 17.6 Å². The topological polar surface area (TPSA) is 73.9 Å². The van der Waals surface area contributed by atoms with Crippen LogP contribution in [0.4, 0.5) is 5.69 Å². The monoisotopic (exact) mass is 371 g/mol. The van der Waals surface area contributed by atoms with Gasteiger partial charge in [0, 0.05) is 5.69 Å². The molecule has 2 aromatic rings. The molecule has 0 heterocycles. The molecule has 144 valence electrons. The smallest absolute Gasteiger partial charge is 0.338 e. The normalized spacial score (nSPS) is 10.2. The fraction of sp³-hybridized carbons (Fsp3) is 0.333. The summed E-state index contributed by atoms with van der Waals surface area (Å²) in [5.41, 5.74) is 2.13. The van der Waals surface area contributed by atoms with Crippen LogP contribution < -0.4 is 14.8 Å². The number of ether oxygens (including phenoxy) is 3. The molecule has 0 aromatic heterocycles. The fourth-order valence-electron chi connectivity index (χ4n) is 2.41. The first-order valence-corrected chi connectivity index (χ1v) is 9.02. The molecule has 1 amide bonds. The molecule has 0 bridgehead atoms. The highest BCUT2D eigenvalue weighted by molar-refractivity contribution is 5.95. The van der Waals surface area contributed by atoms with Crippen LogP contribution in [0.3, 0.4) is 0 Å². The van der Waals surface area contributed by atoms with Gasteiger partial charge < -0.3 is 19.5 Å². The van der Waals surface area contributed by atoms with Crippen molar-refractivity contribution in [3.8, 4) is 11.5 Å². The number of esters is 1. The lowest BCUT2D eigenvalue weighted by atomic mass is 10.1. The van der Waals surface area contributed by atoms with Crippen LogP contribution in [0.5, 0.6) is 11.5 Å². The lowest BCUT2D eigenvalue weighted by Crippen LogP contribution is -2.21. The third-order valence-electron chi connectivity index (χ3n) is 3.76. The van der Waals surface area contributed by atoms with Crippen molar-refractivity contribution in [2.45, 2.75) is 27.2 Å². The molecule has 6 nitrogen and oxygen atoms in total. The van der Waals surface area contributed by atoms with Gasteiger partial charge in [-0.1, -0.05) is 19.1 Å². The van der Waals surface area contributed by atoms with Crippen molar-refractivity contribution in [2.24, 2.45) is 0 Å². The second-order valence-electron chi connectivity index (χ2n) is 5.70. The Balaban J connectivity index is 1.93. The molecule has 0 fully saturated rings. The lowest BCUT2D eigenvalue weighted by Gasteiger charge is -2.12. The highest BCUT2D eigenvalue weighted by Gasteiger charge is 2.14. The number of aryl methyl sites for hydroxylation is 1. The van der Waals surface area contributed by atoms with Gasteiger partial charge >= 0.3 is 5.97 Å². The van der Waals surface area contributed by atoms with Crippen LogP contribution in [0.1, 0.15) is 36.7 Å². The van der Waals surface area contributed by atoms with Crippen LogP contribution >= 0.6 is 0 Å². The maximum absolute atomic E-state index is 12.2. The molecule has 1 N–H and O–H groups in total. The lowest BCUT2D eigenvalue weighted by molar-refractivity contribution is -0.119. The first-order chi connectivity index (χ1) is 13.1. The number of carbonyl (C=O) groups is 2. The van der Waals surface area contributed by atoms with Crippen molar-refractivity contribution in [2.75, 3.05) is 25.1 Å². The van der Waals surface area contributed by atoms with Crippen molar-refractivity contribution in [3.05, 3.63) is 53.6 Å². The first-order valence-electron chi connectivity index (χ1n) is 9.02. The Labute approximate surface area is 159 Å². The molecule has 0 atom stereocenters. The summed E-state index contributed by atoms with van der Waals surface area (Å²) in [6, 6.07) is 12.3. The predicted molar refractivity (Wildman–Crippen MR) is 104 cm³/mol. The average molecular weight is 371 g/mol.